The summed E-state index contributed by atoms with van der Waals surface area (Å²) in [6.07, 6.45) is 0. The van der Waals surface area contributed by atoms with E-state index >= 15 is 0 Å². The second-order valence-corrected chi connectivity index (χ2v) is 4.59. The van der Waals surface area contributed by atoms with E-state index in [1.54, 1.807) is 13.1 Å². The number of nitrogens with one attached hydrogen (secondary N) is 1. The number of fused-ring (bicyclic) bond motifs is 1. The van der Waals surface area contributed by atoms with Crippen molar-refractivity contribution >= 4 is 24.4 Å². The van der Waals surface area contributed by atoms with Gasteiger partial charge in [0, 0.05) is 0 Å². The van der Waals surface area contributed by atoms with Crippen LogP contribution in [0.4, 0.5) is 0 Å². The molecule has 2 aromatic carbocycles. The summed E-state index contributed by atoms with van der Waals surface area (Å²) in [5.74, 6) is 2.44. The Hall–Kier alpha value is -2.42. The summed E-state index contributed by atoms with van der Waals surface area (Å²) >= 11 is 0. The van der Waals surface area contributed by atoms with Crippen molar-refractivity contribution in [3.63, 3.8) is 0 Å². The van der Waals surface area contributed by atoms with Gasteiger partial charge in [-0.2, -0.15) is 0 Å². The Morgan fingerprint density at radius 1 is 1.00 bits per heavy atom. The Bertz CT molecular complexity index is 769. The first kappa shape index (κ1) is 16.0. The Morgan fingerprint density at radius 2 is 1.73 bits per heavy atom. The van der Waals surface area contributed by atoms with E-state index in [1.165, 1.54) is 0 Å². The quantitative estimate of drug-likeness (QED) is 0.675. The zero-order chi connectivity index (χ0) is 15.9. The second kappa shape index (κ2) is 7.55. The number of H-pyrrole nitrogens is 1. The fraction of sp³-hybridized carbons (Fsp3) is 0.158. The van der Waals surface area contributed by atoms with Crippen molar-refractivity contribution in [2.75, 3.05) is 7.11 Å². The van der Waals surface area contributed by atoms with Crippen LogP contribution in [0.15, 0.2) is 54.6 Å². The summed E-state index contributed by atoms with van der Waals surface area (Å²) < 4.78 is 5.50. The third-order valence-electron chi connectivity index (χ3n) is 3.35. The van der Waals surface area contributed by atoms with Crippen LogP contribution in [-0.4, -0.2) is 20.6 Å². The Morgan fingerprint density at radius 3 is 2.36 bits per heavy atom. The SMILES string of the molecule is CC.[B]=Cc1ccc2c(OC)cc(-c3ccccc3)[nH+]c2c1. The first-order valence-electron chi connectivity index (χ1n) is 7.46. The molecule has 0 fully saturated rings. The number of aromatic amines is 1. The van der Waals surface area contributed by atoms with Crippen molar-refractivity contribution in [2.24, 2.45) is 0 Å². The van der Waals surface area contributed by atoms with E-state index in [1.807, 2.05) is 56.3 Å². The van der Waals surface area contributed by atoms with Crippen LogP contribution >= 0.6 is 0 Å². The van der Waals surface area contributed by atoms with E-state index in [9.17, 15) is 0 Å². The first-order valence-corrected chi connectivity index (χ1v) is 7.46. The molecule has 3 aromatic rings. The number of methoxy groups -OCH3 is 1. The van der Waals surface area contributed by atoms with Gasteiger partial charge >= 0.3 is 118 Å². The Balaban J connectivity index is 0.000000847. The number of aromatic nitrogens is 1. The molecule has 0 spiro atoms. The molecule has 0 amide bonds. The fourth-order valence-electron chi connectivity index (χ4n) is 2.32. The van der Waals surface area contributed by atoms with Crippen LogP contribution < -0.4 is 9.72 Å². The Labute approximate surface area is 132 Å². The van der Waals surface area contributed by atoms with Gasteiger partial charge in [0.2, 0.25) is 0 Å². The third-order valence-corrected chi connectivity index (χ3v) is 3.35. The number of hydrogen-bond acceptors (Lipinski definition) is 1. The fourth-order valence-corrected chi connectivity index (χ4v) is 2.32. The van der Waals surface area contributed by atoms with E-state index in [2.05, 4.69) is 17.1 Å². The number of pyridine rings is 1. The van der Waals surface area contributed by atoms with Crippen molar-refractivity contribution < 1.29 is 9.72 Å². The molecule has 0 saturated carbocycles. The summed E-state index contributed by atoms with van der Waals surface area (Å²) in [6, 6.07) is 18.2. The van der Waals surface area contributed by atoms with Crippen LogP contribution in [0.3, 0.4) is 0 Å². The summed E-state index contributed by atoms with van der Waals surface area (Å²) in [5.41, 5.74) is 4.11. The molecule has 2 nitrogen and oxygen atoms in total. The minimum atomic E-state index is 0.848. The monoisotopic (exact) mass is 289 g/mol. The predicted molar refractivity (Wildman–Crippen MR) is 94.8 cm³/mol. The van der Waals surface area contributed by atoms with Crippen molar-refractivity contribution in [1.29, 1.82) is 0 Å². The van der Waals surface area contributed by atoms with Crippen LogP contribution in [0, 0.1) is 0 Å². The summed E-state index contributed by atoms with van der Waals surface area (Å²) in [6.45, 7) is 4.00. The molecule has 0 aliphatic rings. The molecule has 3 heteroatoms. The van der Waals surface area contributed by atoms with Crippen LogP contribution in [0.25, 0.3) is 22.2 Å². The van der Waals surface area contributed by atoms with E-state index in [0.717, 1.165) is 33.5 Å². The average Bonchev–Trinajstić information content (AvgIpc) is 2.62. The molecule has 0 aliphatic heterocycles. The zero-order valence-electron chi connectivity index (χ0n) is 13.3. The number of ether oxygens (including phenoxy) is 1. The van der Waals surface area contributed by atoms with Gasteiger partial charge < -0.3 is 0 Å². The summed E-state index contributed by atoms with van der Waals surface area (Å²) in [4.78, 5) is 3.44. The molecule has 0 aliphatic carbocycles. The normalized spacial score (nSPS) is 9.73. The van der Waals surface area contributed by atoms with Gasteiger partial charge in [-0.1, -0.05) is 13.8 Å². The van der Waals surface area contributed by atoms with Gasteiger partial charge in [0.05, 0.1) is 0 Å². The van der Waals surface area contributed by atoms with Gasteiger partial charge in [-0.3, -0.25) is 0 Å². The molecule has 1 radical (unpaired) electrons. The van der Waals surface area contributed by atoms with E-state index in [-0.39, 0.29) is 0 Å². The average molecular weight is 289 g/mol. The van der Waals surface area contributed by atoms with Crippen LogP contribution in [0.5, 0.6) is 5.75 Å². The number of benzene rings is 2. The standard InChI is InChI=1S/C17H13BNO.C2H6/c1-20-17-10-15(13-5-3-2-4-6-13)19-16-9-12(11-18)7-8-14(16)17;1-2/h2-11H,1H3;1-2H3/p+1. The molecule has 22 heavy (non-hydrogen) atoms. The van der Waals surface area contributed by atoms with Crippen molar-refractivity contribution in [3.8, 4) is 17.0 Å². The zero-order valence-corrected chi connectivity index (χ0v) is 13.3. The summed E-state index contributed by atoms with van der Waals surface area (Å²) in [7, 11) is 7.28. The van der Waals surface area contributed by atoms with Gasteiger partial charge in [0.15, 0.2) is 0 Å². The maximum atomic E-state index is 5.59. The topological polar surface area (TPSA) is 23.4 Å². The van der Waals surface area contributed by atoms with Gasteiger partial charge in [0.25, 0.3) is 0 Å². The molecule has 1 aromatic heterocycles. The Kier molecular flexibility index (Phi) is 5.48. The molecular formula is C19H20BNO+. The number of hydrogen-bond donors (Lipinski definition) is 0. The van der Waals surface area contributed by atoms with Crippen molar-refractivity contribution in [3.05, 3.63) is 60.2 Å². The van der Waals surface area contributed by atoms with Gasteiger partial charge in [-0.15, -0.1) is 0 Å². The second-order valence-electron chi connectivity index (χ2n) is 4.59. The molecule has 1 heterocycles. The van der Waals surface area contributed by atoms with Gasteiger partial charge in [-0.05, 0) is 0 Å². The first-order chi connectivity index (χ1) is 10.8. The van der Waals surface area contributed by atoms with Crippen molar-refractivity contribution in [2.45, 2.75) is 13.8 Å². The predicted octanol–water partition coefficient (Wildman–Crippen LogP) is 3.67. The molecule has 0 unspecified atom stereocenters. The maximum absolute atomic E-state index is 5.59. The van der Waals surface area contributed by atoms with Crippen LogP contribution in [0.1, 0.15) is 19.4 Å². The van der Waals surface area contributed by atoms with Crippen LogP contribution in [-0.2, 0) is 0 Å². The van der Waals surface area contributed by atoms with Gasteiger partial charge in [-0.25, -0.2) is 0 Å². The molecular weight excluding hydrogens is 269 g/mol. The molecule has 1 N–H and O–H groups in total. The van der Waals surface area contributed by atoms with E-state index in [4.69, 9.17) is 12.2 Å². The van der Waals surface area contributed by atoms with E-state index in [0.29, 0.717) is 0 Å². The molecule has 109 valence electrons. The molecule has 0 atom stereocenters. The molecule has 0 saturated heterocycles. The van der Waals surface area contributed by atoms with Gasteiger partial charge in [0.1, 0.15) is 0 Å². The van der Waals surface area contributed by atoms with Crippen molar-refractivity contribution in [1.82, 2.24) is 0 Å². The molecule has 3 rings (SSSR count). The van der Waals surface area contributed by atoms with E-state index < -0.39 is 0 Å². The van der Waals surface area contributed by atoms with Crippen LogP contribution in [0.2, 0.25) is 0 Å². The third kappa shape index (κ3) is 3.25. The number of rotatable bonds is 3. The molecule has 0 bridgehead atoms. The summed E-state index contributed by atoms with van der Waals surface area (Å²) in [5, 5.41) is 1.04. The minimum absolute atomic E-state index is 0.848.